The molecule has 2 aliphatic heterocycles. The first-order valence-corrected chi connectivity index (χ1v) is 10.1. The van der Waals surface area contributed by atoms with Crippen LogP contribution in [0.4, 0.5) is 4.79 Å². The Morgan fingerprint density at radius 1 is 1.12 bits per heavy atom. The highest BCUT2D eigenvalue weighted by Gasteiger charge is 2.26. The van der Waals surface area contributed by atoms with Crippen molar-refractivity contribution in [3.8, 4) is 0 Å². The molecule has 2 heterocycles. The van der Waals surface area contributed by atoms with Crippen molar-refractivity contribution in [1.82, 2.24) is 15.5 Å². The van der Waals surface area contributed by atoms with Crippen molar-refractivity contribution in [2.24, 2.45) is 11.8 Å². The van der Waals surface area contributed by atoms with Gasteiger partial charge in [0.25, 0.3) is 0 Å². The van der Waals surface area contributed by atoms with Gasteiger partial charge in [-0.05, 0) is 50.9 Å². The molecule has 3 aliphatic rings. The molecule has 2 saturated heterocycles. The molecule has 2 atom stereocenters. The Bertz CT molecular complexity index is 384. The fraction of sp³-hybridized carbons (Fsp3) is 0.947. The minimum Gasteiger partial charge on any atom is -0.381 e. The summed E-state index contributed by atoms with van der Waals surface area (Å²) in [5.41, 5.74) is 0. The van der Waals surface area contributed by atoms with Crippen LogP contribution in [0.1, 0.15) is 58.3 Å². The lowest BCUT2D eigenvalue weighted by atomic mass is 9.84. The van der Waals surface area contributed by atoms with Gasteiger partial charge >= 0.3 is 6.03 Å². The Morgan fingerprint density at radius 2 is 1.88 bits per heavy atom. The summed E-state index contributed by atoms with van der Waals surface area (Å²) in [6.07, 6.45) is 9.89. The van der Waals surface area contributed by atoms with Crippen molar-refractivity contribution in [3.63, 3.8) is 0 Å². The highest BCUT2D eigenvalue weighted by molar-refractivity contribution is 5.74. The van der Waals surface area contributed by atoms with Gasteiger partial charge in [0, 0.05) is 38.3 Å². The number of amides is 2. The largest absolute Gasteiger partial charge is 0.381 e. The van der Waals surface area contributed by atoms with Crippen molar-refractivity contribution >= 4 is 6.03 Å². The van der Waals surface area contributed by atoms with Gasteiger partial charge in [-0.15, -0.1) is 0 Å². The molecule has 0 radical (unpaired) electrons. The molecular formula is C19H35N3O2. The third-order valence-corrected chi connectivity index (χ3v) is 6.18. The van der Waals surface area contributed by atoms with Crippen LogP contribution in [0.25, 0.3) is 0 Å². The molecule has 3 rings (SSSR count). The van der Waals surface area contributed by atoms with E-state index < -0.39 is 0 Å². The second-order valence-electron chi connectivity index (χ2n) is 8.11. The fourth-order valence-corrected chi connectivity index (χ4v) is 4.54. The highest BCUT2D eigenvalue weighted by atomic mass is 16.5. The Labute approximate surface area is 146 Å². The van der Waals surface area contributed by atoms with Gasteiger partial charge in [-0.1, -0.05) is 19.3 Å². The number of urea groups is 1. The predicted molar refractivity (Wildman–Crippen MR) is 96.1 cm³/mol. The molecule has 0 unspecified atom stereocenters. The molecule has 1 aliphatic carbocycles. The van der Waals surface area contributed by atoms with E-state index in [0.717, 1.165) is 45.7 Å². The molecule has 24 heavy (non-hydrogen) atoms. The van der Waals surface area contributed by atoms with Crippen LogP contribution in [0.15, 0.2) is 0 Å². The summed E-state index contributed by atoms with van der Waals surface area (Å²) in [7, 11) is 0. The second-order valence-corrected chi connectivity index (χ2v) is 8.11. The van der Waals surface area contributed by atoms with E-state index in [2.05, 4.69) is 22.5 Å². The minimum absolute atomic E-state index is 0.0377. The number of rotatable bonds is 5. The zero-order valence-corrected chi connectivity index (χ0v) is 15.3. The maximum atomic E-state index is 12.3. The molecular weight excluding hydrogens is 302 g/mol. The number of nitrogens with one attached hydrogen (secondary N) is 2. The molecule has 5 nitrogen and oxygen atoms in total. The van der Waals surface area contributed by atoms with E-state index >= 15 is 0 Å². The van der Waals surface area contributed by atoms with E-state index in [1.807, 2.05) is 0 Å². The SMILES string of the molecule is C[C@H](NC(=O)NC1CCN(C[C@H]2CCOC2)CC1)C1CCCCC1. The highest BCUT2D eigenvalue weighted by Crippen LogP contribution is 2.26. The van der Waals surface area contributed by atoms with Crippen LogP contribution >= 0.6 is 0 Å². The molecule has 0 aromatic heterocycles. The van der Waals surface area contributed by atoms with Crippen LogP contribution in [0.3, 0.4) is 0 Å². The quantitative estimate of drug-likeness (QED) is 0.811. The van der Waals surface area contributed by atoms with Crippen LogP contribution in [0.2, 0.25) is 0 Å². The smallest absolute Gasteiger partial charge is 0.315 e. The van der Waals surface area contributed by atoms with E-state index in [9.17, 15) is 4.79 Å². The molecule has 0 bridgehead atoms. The monoisotopic (exact) mass is 337 g/mol. The third-order valence-electron chi connectivity index (χ3n) is 6.18. The van der Waals surface area contributed by atoms with Crippen molar-refractivity contribution < 1.29 is 9.53 Å². The van der Waals surface area contributed by atoms with Crippen LogP contribution in [0.5, 0.6) is 0 Å². The van der Waals surface area contributed by atoms with Gasteiger partial charge in [-0.25, -0.2) is 4.79 Å². The third kappa shape index (κ3) is 5.35. The topological polar surface area (TPSA) is 53.6 Å². The molecule has 0 aromatic rings. The Kier molecular flexibility index (Phi) is 6.78. The first-order valence-electron chi connectivity index (χ1n) is 10.1. The van der Waals surface area contributed by atoms with E-state index in [1.54, 1.807) is 0 Å². The average molecular weight is 338 g/mol. The van der Waals surface area contributed by atoms with Crippen LogP contribution in [-0.4, -0.2) is 55.9 Å². The number of hydrogen-bond acceptors (Lipinski definition) is 3. The summed E-state index contributed by atoms with van der Waals surface area (Å²) in [6, 6.07) is 0.670. The summed E-state index contributed by atoms with van der Waals surface area (Å²) in [5, 5.41) is 6.39. The zero-order chi connectivity index (χ0) is 16.8. The van der Waals surface area contributed by atoms with Crippen molar-refractivity contribution in [2.45, 2.75) is 70.4 Å². The summed E-state index contributed by atoms with van der Waals surface area (Å²) >= 11 is 0. The molecule has 3 fully saturated rings. The first kappa shape index (κ1) is 18.0. The summed E-state index contributed by atoms with van der Waals surface area (Å²) in [6.45, 7) is 7.39. The normalized spacial score (nSPS) is 28.6. The van der Waals surface area contributed by atoms with Gasteiger partial charge in [-0.2, -0.15) is 0 Å². The summed E-state index contributed by atoms with van der Waals surface area (Å²) in [4.78, 5) is 14.8. The maximum Gasteiger partial charge on any atom is 0.315 e. The maximum absolute atomic E-state index is 12.3. The lowest BCUT2D eigenvalue weighted by Crippen LogP contribution is -2.51. The number of piperidine rings is 1. The van der Waals surface area contributed by atoms with E-state index in [4.69, 9.17) is 4.74 Å². The zero-order valence-electron chi connectivity index (χ0n) is 15.3. The van der Waals surface area contributed by atoms with Crippen molar-refractivity contribution in [1.29, 1.82) is 0 Å². The minimum atomic E-state index is 0.0377. The molecule has 0 spiro atoms. The van der Waals surface area contributed by atoms with Gasteiger partial charge in [0.15, 0.2) is 0 Å². The number of carbonyl (C=O) groups excluding carboxylic acids is 1. The van der Waals surface area contributed by atoms with Gasteiger partial charge in [0.1, 0.15) is 0 Å². The Balaban J connectivity index is 1.32. The first-order chi connectivity index (χ1) is 11.7. The Hall–Kier alpha value is -0.810. The molecule has 138 valence electrons. The van der Waals surface area contributed by atoms with E-state index in [0.29, 0.717) is 23.9 Å². The van der Waals surface area contributed by atoms with Gasteiger partial charge in [0.05, 0.1) is 6.61 Å². The van der Waals surface area contributed by atoms with Crippen molar-refractivity contribution in [2.75, 3.05) is 32.8 Å². The standard InChI is InChI=1S/C19H35N3O2/c1-15(17-5-3-2-4-6-17)20-19(23)21-18-7-10-22(11-8-18)13-16-9-12-24-14-16/h15-18H,2-14H2,1H3,(H2,20,21,23)/t15-,16+/m0/s1. The fourth-order valence-electron chi connectivity index (χ4n) is 4.54. The number of nitrogens with zero attached hydrogens (tertiary/aromatic N) is 1. The molecule has 1 saturated carbocycles. The van der Waals surface area contributed by atoms with E-state index in [-0.39, 0.29) is 6.03 Å². The second kappa shape index (κ2) is 9.04. The molecule has 2 amide bonds. The number of ether oxygens (including phenoxy) is 1. The van der Waals surface area contributed by atoms with Gasteiger partial charge < -0.3 is 20.3 Å². The lowest BCUT2D eigenvalue weighted by Gasteiger charge is -2.34. The lowest BCUT2D eigenvalue weighted by molar-refractivity contribution is 0.147. The van der Waals surface area contributed by atoms with Gasteiger partial charge in [0.2, 0.25) is 0 Å². The van der Waals surface area contributed by atoms with Crippen LogP contribution in [0, 0.1) is 11.8 Å². The van der Waals surface area contributed by atoms with Crippen LogP contribution < -0.4 is 10.6 Å². The number of hydrogen-bond donors (Lipinski definition) is 2. The summed E-state index contributed by atoms with van der Waals surface area (Å²) in [5.74, 6) is 1.38. The number of carbonyl (C=O) groups is 1. The molecule has 0 aromatic carbocycles. The molecule has 2 N–H and O–H groups in total. The predicted octanol–water partition coefficient (Wildman–Crippen LogP) is 2.76. The average Bonchev–Trinajstić information content (AvgIpc) is 3.10. The Morgan fingerprint density at radius 3 is 2.54 bits per heavy atom. The van der Waals surface area contributed by atoms with Crippen LogP contribution in [-0.2, 0) is 4.74 Å². The van der Waals surface area contributed by atoms with Gasteiger partial charge in [-0.3, -0.25) is 0 Å². The summed E-state index contributed by atoms with van der Waals surface area (Å²) < 4.78 is 5.47. The molecule has 5 heteroatoms. The van der Waals surface area contributed by atoms with Crippen molar-refractivity contribution in [3.05, 3.63) is 0 Å². The number of likely N-dealkylation sites (tertiary alicyclic amines) is 1. The van der Waals surface area contributed by atoms with E-state index in [1.165, 1.54) is 38.5 Å².